The molecule has 1 saturated carbocycles. The molecule has 2 unspecified atom stereocenters. The van der Waals surface area contributed by atoms with Crippen LogP contribution in [0.15, 0.2) is 18.3 Å². The van der Waals surface area contributed by atoms with Gasteiger partial charge in [0.1, 0.15) is 5.69 Å². The molecule has 1 aromatic heterocycles. The van der Waals surface area contributed by atoms with E-state index in [9.17, 15) is 9.59 Å². The van der Waals surface area contributed by atoms with Crippen LogP contribution in [-0.2, 0) is 9.53 Å². The van der Waals surface area contributed by atoms with Gasteiger partial charge in [-0.3, -0.25) is 4.79 Å². The van der Waals surface area contributed by atoms with E-state index in [-0.39, 0.29) is 17.7 Å². The Morgan fingerprint density at radius 3 is 2.95 bits per heavy atom. The monoisotopic (exact) mass is 264 g/mol. The maximum absolute atomic E-state index is 11.4. The Morgan fingerprint density at radius 1 is 1.47 bits per heavy atom. The van der Waals surface area contributed by atoms with Crippen molar-refractivity contribution < 1.29 is 19.4 Å². The number of pyridine rings is 1. The van der Waals surface area contributed by atoms with Crippen molar-refractivity contribution in [1.82, 2.24) is 4.98 Å². The number of nitrogens with zero attached hydrogens (tertiary/aromatic N) is 1. The van der Waals surface area contributed by atoms with E-state index in [0.717, 1.165) is 12.8 Å². The normalized spacial score (nSPS) is 21.9. The average molecular weight is 264 g/mol. The van der Waals surface area contributed by atoms with Crippen molar-refractivity contribution in [3.63, 3.8) is 0 Å². The van der Waals surface area contributed by atoms with E-state index in [1.165, 1.54) is 13.3 Å². The molecule has 2 N–H and O–H groups in total. The first kappa shape index (κ1) is 13.3. The van der Waals surface area contributed by atoms with Crippen LogP contribution in [0.1, 0.15) is 29.8 Å². The fraction of sp³-hybridized carbons (Fsp3) is 0.462. The summed E-state index contributed by atoms with van der Waals surface area (Å²) in [6.07, 6.45) is 3.89. The third-order valence-electron chi connectivity index (χ3n) is 3.34. The van der Waals surface area contributed by atoms with Gasteiger partial charge in [-0.05, 0) is 25.0 Å². The summed E-state index contributed by atoms with van der Waals surface area (Å²) in [5.74, 6) is -1.67. The number of nitrogens with one attached hydrogen (secondary N) is 1. The molecule has 19 heavy (non-hydrogen) atoms. The molecule has 0 amide bonds. The molecule has 0 spiro atoms. The van der Waals surface area contributed by atoms with E-state index in [1.807, 2.05) is 0 Å². The van der Waals surface area contributed by atoms with Crippen molar-refractivity contribution in [3.05, 3.63) is 24.0 Å². The molecule has 0 bridgehead atoms. The van der Waals surface area contributed by atoms with Crippen molar-refractivity contribution in [3.8, 4) is 0 Å². The fourth-order valence-electron chi connectivity index (χ4n) is 2.38. The summed E-state index contributed by atoms with van der Waals surface area (Å²) in [5, 5.41) is 12.3. The standard InChI is InChI=1S/C13H16N2O4/c1-19-13(18)11-7-8(5-6-14-11)15-10-4-2-3-9(10)12(16)17/h5-7,9-10H,2-4H2,1H3,(H,14,15)(H,16,17). The lowest BCUT2D eigenvalue weighted by molar-refractivity contribution is -0.141. The van der Waals surface area contributed by atoms with Crippen LogP contribution in [-0.4, -0.2) is 35.2 Å². The Labute approximate surface area is 110 Å². The van der Waals surface area contributed by atoms with Gasteiger partial charge in [0.2, 0.25) is 0 Å². The molecule has 1 heterocycles. The molecule has 1 aliphatic rings. The minimum Gasteiger partial charge on any atom is -0.481 e. The highest BCUT2D eigenvalue weighted by Crippen LogP contribution is 2.28. The SMILES string of the molecule is COC(=O)c1cc(NC2CCCC2C(=O)O)ccn1. The number of ether oxygens (including phenoxy) is 1. The number of carboxylic acid groups (broad SMARTS) is 1. The predicted octanol–water partition coefficient (Wildman–Crippen LogP) is 1.53. The zero-order valence-electron chi connectivity index (χ0n) is 10.6. The summed E-state index contributed by atoms with van der Waals surface area (Å²) in [4.78, 5) is 26.4. The molecule has 0 aromatic carbocycles. The number of aromatic nitrogens is 1. The summed E-state index contributed by atoms with van der Waals surface area (Å²) >= 11 is 0. The van der Waals surface area contributed by atoms with Crippen LogP contribution in [0.3, 0.4) is 0 Å². The first-order valence-corrected chi connectivity index (χ1v) is 6.15. The number of esters is 1. The zero-order chi connectivity index (χ0) is 13.8. The van der Waals surface area contributed by atoms with Crippen LogP contribution < -0.4 is 5.32 Å². The Balaban J connectivity index is 2.10. The van der Waals surface area contributed by atoms with Crippen molar-refractivity contribution in [2.24, 2.45) is 5.92 Å². The van der Waals surface area contributed by atoms with Crippen LogP contribution in [0.4, 0.5) is 5.69 Å². The summed E-state index contributed by atoms with van der Waals surface area (Å²) in [7, 11) is 1.29. The molecule has 0 radical (unpaired) electrons. The van der Waals surface area contributed by atoms with Crippen molar-refractivity contribution in [2.45, 2.75) is 25.3 Å². The van der Waals surface area contributed by atoms with E-state index in [1.54, 1.807) is 12.1 Å². The van der Waals surface area contributed by atoms with E-state index in [2.05, 4.69) is 15.0 Å². The van der Waals surface area contributed by atoms with Crippen LogP contribution >= 0.6 is 0 Å². The van der Waals surface area contributed by atoms with Gasteiger partial charge in [0.15, 0.2) is 0 Å². The molecule has 102 valence electrons. The first-order chi connectivity index (χ1) is 9.11. The maximum Gasteiger partial charge on any atom is 0.356 e. The van der Waals surface area contributed by atoms with Gasteiger partial charge in [-0.1, -0.05) is 6.42 Å². The molecular weight excluding hydrogens is 248 g/mol. The molecular formula is C13H16N2O4. The Hall–Kier alpha value is -2.11. The minimum atomic E-state index is -0.780. The minimum absolute atomic E-state index is 0.106. The number of aliphatic carboxylic acids is 1. The molecule has 6 heteroatoms. The van der Waals surface area contributed by atoms with Crippen LogP contribution in [0, 0.1) is 5.92 Å². The number of methoxy groups -OCH3 is 1. The Kier molecular flexibility index (Phi) is 3.99. The topological polar surface area (TPSA) is 88.5 Å². The first-order valence-electron chi connectivity index (χ1n) is 6.15. The number of hydrogen-bond donors (Lipinski definition) is 2. The predicted molar refractivity (Wildman–Crippen MR) is 68.0 cm³/mol. The molecule has 6 nitrogen and oxygen atoms in total. The second kappa shape index (κ2) is 5.69. The van der Waals surface area contributed by atoms with Crippen LogP contribution in [0.5, 0.6) is 0 Å². The average Bonchev–Trinajstić information content (AvgIpc) is 2.86. The van der Waals surface area contributed by atoms with Gasteiger partial charge in [-0.2, -0.15) is 0 Å². The van der Waals surface area contributed by atoms with Gasteiger partial charge in [0, 0.05) is 17.9 Å². The highest BCUT2D eigenvalue weighted by Gasteiger charge is 2.32. The maximum atomic E-state index is 11.4. The van der Waals surface area contributed by atoms with Gasteiger partial charge < -0.3 is 15.2 Å². The number of carbonyl (C=O) groups excluding carboxylic acids is 1. The van der Waals surface area contributed by atoms with E-state index in [0.29, 0.717) is 12.1 Å². The highest BCUT2D eigenvalue weighted by atomic mass is 16.5. The van der Waals surface area contributed by atoms with Gasteiger partial charge in [0.25, 0.3) is 0 Å². The number of carboxylic acids is 1. The van der Waals surface area contributed by atoms with Gasteiger partial charge in [0.05, 0.1) is 13.0 Å². The number of rotatable bonds is 4. The summed E-state index contributed by atoms with van der Waals surface area (Å²) < 4.78 is 4.60. The van der Waals surface area contributed by atoms with Gasteiger partial charge >= 0.3 is 11.9 Å². The lowest BCUT2D eigenvalue weighted by Crippen LogP contribution is -2.29. The zero-order valence-corrected chi connectivity index (χ0v) is 10.6. The van der Waals surface area contributed by atoms with Crippen LogP contribution in [0.25, 0.3) is 0 Å². The van der Waals surface area contributed by atoms with Gasteiger partial charge in [-0.15, -0.1) is 0 Å². The third kappa shape index (κ3) is 3.01. The highest BCUT2D eigenvalue weighted by molar-refractivity contribution is 5.88. The Bertz CT molecular complexity index is 489. The Morgan fingerprint density at radius 2 is 2.26 bits per heavy atom. The second-order valence-corrected chi connectivity index (χ2v) is 4.55. The summed E-state index contributed by atoms with van der Waals surface area (Å²) in [6.45, 7) is 0. The second-order valence-electron chi connectivity index (χ2n) is 4.55. The van der Waals surface area contributed by atoms with Crippen LogP contribution in [0.2, 0.25) is 0 Å². The van der Waals surface area contributed by atoms with E-state index in [4.69, 9.17) is 5.11 Å². The number of hydrogen-bond acceptors (Lipinski definition) is 5. The third-order valence-corrected chi connectivity index (χ3v) is 3.34. The largest absolute Gasteiger partial charge is 0.481 e. The fourth-order valence-corrected chi connectivity index (χ4v) is 2.38. The molecule has 1 aromatic rings. The van der Waals surface area contributed by atoms with E-state index >= 15 is 0 Å². The molecule has 0 aliphatic heterocycles. The van der Waals surface area contributed by atoms with E-state index < -0.39 is 11.9 Å². The summed E-state index contributed by atoms with van der Waals surface area (Å²) in [6, 6.07) is 3.18. The van der Waals surface area contributed by atoms with Gasteiger partial charge in [-0.25, -0.2) is 9.78 Å². The summed E-state index contributed by atoms with van der Waals surface area (Å²) in [5.41, 5.74) is 0.894. The lowest BCUT2D eigenvalue weighted by Gasteiger charge is -2.18. The molecule has 1 fully saturated rings. The van der Waals surface area contributed by atoms with Crippen molar-refractivity contribution in [1.29, 1.82) is 0 Å². The number of carbonyl (C=O) groups is 2. The smallest absolute Gasteiger partial charge is 0.356 e. The van der Waals surface area contributed by atoms with Crippen molar-refractivity contribution in [2.75, 3.05) is 12.4 Å². The molecule has 1 aliphatic carbocycles. The number of anilines is 1. The quantitative estimate of drug-likeness (QED) is 0.802. The molecule has 0 saturated heterocycles. The molecule has 2 atom stereocenters. The lowest BCUT2D eigenvalue weighted by atomic mass is 10.0. The molecule has 2 rings (SSSR count). The van der Waals surface area contributed by atoms with Crippen molar-refractivity contribution >= 4 is 17.6 Å².